The summed E-state index contributed by atoms with van der Waals surface area (Å²) in [5.74, 6) is -0.550. The summed E-state index contributed by atoms with van der Waals surface area (Å²) in [5.41, 5.74) is 2.41. The van der Waals surface area contributed by atoms with Crippen LogP contribution in [0.1, 0.15) is 28.0 Å². The van der Waals surface area contributed by atoms with Gasteiger partial charge in [0.15, 0.2) is 0 Å². The number of aromatic nitrogens is 2. The van der Waals surface area contributed by atoms with Crippen molar-refractivity contribution in [3.05, 3.63) is 74.2 Å². The second-order valence-corrected chi connectivity index (χ2v) is 6.33. The third-order valence-corrected chi connectivity index (χ3v) is 4.54. The average molecular weight is 357 g/mol. The number of aromatic amines is 1. The summed E-state index contributed by atoms with van der Waals surface area (Å²) in [4.78, 5) is 30.8. The number of halogens is 1. The molecule has 2 N–H and O–H groups in total. The van der Waals surface area contributed by atoms with E-state index in [0.29, 0.717) is 17.7 Å². The van der Waals surface area contributed by atoms with Gasteiger partial charge in [0, 0.05) is 22.7 Å². The summed E-state index contributed by atoms with van der Waals surface area (Å²) in [7, 11) is 0. The van der Waals surface area contributed by atoms with Crippen molar-refractivity contribution in [1.29, 1.82) is 0 Å². The smallest absolute Gasteiger partial charge is 0.253 e. The Bertz CT molecular complexity index is 947. The van der Waals surface area contributed by atoms with Gasteiger partial charge >= 0.3 is 0 Å². The molecule has 0 radical (unpaired) electrons. The van der Waals surface area contributed by atoms with Gasteiger partial charge in [-0.3, -0.25) is 9.59 Å². The lowest BCUT2D eigenvalue weighted by Gasteiger charge is -2.07. The minimum atomic E-state index is -0.293. The summed E-state index contributed by atoms with van der Waals surface area (Å²) >= 11 is 1.42. The molecular weight excluding hydrogens is 341 g/mol. The molecule has 3 rings (SSSR count). The molecule has 1 amide bonds. The summed E-state index contributed by atoms with van der Waals surface area (Å²) in [5, 5.41) is 5.42. The monoisotopic (exact) mass is 357 g/mol. The number of hydrogen-bond acceptors (Lipinski definition) is 4. The molecule has 2 aromatic heterocycles. The molecule has 0 aliphatic heterocycles. The number of benzene rings is 1. The van der Waals surface area contributed by atoms with Gasteiger partial charge in [0.25, 0.3) is 5.91 Å². The summed E-state index contributed by atoms with van der Waals surface area (Å²) in [6.07, 6.45) is 0.560. The second kappa shape index (κ2) is 7.40. The lowest BCUT2D eigenvalue weighted by Crippen LogP contribution is -2.25. The van der Waals surface area contributed by atoms with Gasteiger partial charge in [-0.1, -0.05) is 6.92 Å². The van der Waals surface area contributed by atoms with Crippen LogP contribution in [-0.2, 0) is 13.0 Å². The molecule has 3 aromatic rings. The maximum absolute atomic E-state index is 13.0. The highest BCUT2D eigenvalue weighted by molar-refractivity contribution is 7.09. The summed E-state index contributed by atoms with van der Waals surface area (Å²) < 4.78 is 13.0. The van der Waals surface area contributed by atoms with Crippen molar-refractivity contribution in [3.63, 3.8) is 0 Å². The molecule has 0 bridgehead atoms. The van der Waals surface area contributed by atoms with E-state index in [2.05, 4.69) is 15.3 Å². The van der Waals surface area contributed by atoms with Crippen molar-refractivity contribution in [1.82, 2.24) is 15.3 Å². The van der Waals surface area contributed by atoms with Gasteiger partial charge < -0.3 is 10.3 Å². The Balaban J connectivity index is 1.69. The number of hydrogen-bond donors (Lipinski definition) is 2. The van der Waals surface area contributed by atoms with Gasteiger partial charge in [-0.25, -0.2) is 9.37 Å². The molecule has 0 unspecified atom stereocenters. The number of nitrogens with zero attached hydrogens (tertiary/aromatic N) is 1. The van der Waals surface area contributed by atoms with Gasteiger partial charge in [-0.2, -0.15) is 0 Å². The zero-order valence-electron chi connectivity index (χ0n) is 13.5. The molecule has 128 valence electrons. The Morgan fingerprint density at radius 2 is 2.00 bits per heavy atom. The van der Waals surface area contributed by atoms with Gasteiger partial charge in [0.1, 0.15) is 10.8 Å². The molecule has 0 saturated carbocycles. The molecule has 7 heteroatoms. The Hall–Kier alpha value is -2.80. The minimum absolute atomic E-state index is 0.225. The first-order valence-electron chi connectivity index (χ1n) is 7.77. The van der Waals surface area contributed by atoms with Gasteiger partial charge in [-0.15, -0.1) is 11.3 Å². The first-order chi connectivity index (χ1) is 12.1. The van der Waals surface area contributed by atoms with Crippen LogP contribution in [0.5, 0.6) is 0 Å². The molecule has 0 fully saturated rings. The van der Waals surface area contributed by atoms with Crippen LogP contribution in [-0.4, -0.2) is 15.9 Å². The largest absolute Gasteiger partial charge is 0.345 e. The van der Waals surface area contributed by atoms with E-state index >= 15 is 0 Å². The van der Waals surface area contributed by atoms with Crippen LogP contribution in [0.25, 0.3) is 11.3 Å². The molecule has 0 aliphatic carbocycles. The summed E-state index contributed by atoms with van der Waals surface area (Å²) in [6, 6.07) is 8.97. The first kappa shape index (κ1) is 17.0. The highest BCUT2D eigenvalue weighted by Crippen LogP contribution is 2.22. The highest BCUT2D eigenvalue weighted by atomic mass is 32.1. The Morgan fingerprint density at radius 1 is 1.24 bits per heavy atom. The summed E-state index contributed by atoms with van der Waals surface area (Å²) in [6.45, 7) is 2.16. The molecule has 2 heterocycles. The quantitative estimate of drug-likeness (QED) is 0.737. The van der Waals surface area contributed by atoms with E-state index in [-0.39, 0.29) is 23.8 Å². The standard InChI is InChI=1S/C18H16FN3O2S/c1-2-14-13(7-8-16(23)21-14)18(24)20-9-17-22-15(10-25-17)11-3-5-12(19)6-4-11/h3-8,10H,2,9H2,1H3,(H,20,24)(H,21,23). The lowest BCUT2D eigenvalue weighted by atomic mass is 10.1. The Kier molecular flexibility index (Phi) is 5.04. The van der Waals surface area contributed by atoms with Crippen LogP contribution in [0.4, 0.5) is 4.39 Å². The number of aryl methyl sites for hydroxylation is 1. The number of rotatable bonds is 5. The van der Waals surface area contributed by atoms with E-state index in [4.69, 9.17) is 0 Å². The zero-order chi connectivity index (χ0) is 17.8. The van der Waals surface area contributed by atoms with Gasteiger partial charge in [-0.05, 0) is 36.8 Å². The second-order valence-electron chi connectivity index (χ2n) is 5.38. The van der Waals surface area contributed by atoms with Crippen LogP contribution in [0, 0.1) is 5.82 Å². The lowest BCUT2D eigenvalue weighted by molar-refractivity contribution is 0.0949. The maximum atomic E-state index is 13.0. The van der Waals surface area contributed by atoms with Crippen molar-refractivity contribution in [2.24, 2.45) is 0 Å². The fraction of sp³-hybridized carbons (Fsp3) is 0.167. The van der Waals surface area contributed by atoms with Crippen molar-refractivity contribution in [3.8, 4) is 11.3 Å². The predicted molar refractivity (Wildman–Crippen MR) is 95.1 cm³/mol. The molecule has 0 saturated heterocycles. The van der Waals surface area contributed by atoms with E-state index in [0.717, 1.165) is 16.3 Å². The van der Waals surface area contributed by atoms with Gasteiger partial charge in [0.05, 0.1) is 17.8 Å². The van der Waals surface area contributed by atoms with Crippen LogP contribution < -0.4 is 10.9 Å². The SMILES string of the molecule is CCc1[nH]c(=O)ccc1C(=O)NCc1nc(-c2ccc(F)cc2)cs1. The molecular formula is C18H16FN3O2S. The Labute approximate surface area is 147 Å². The van der Waals surface area contributed by atoms with Crippen LogP contribution in [0.3, 0.4) is 0 Å². The molecule has 0 spiro atoms. The first-order valence-corrected chi connectivity index (χ1v) is 8.65. The number of nitrogens with one attached hydrogen (secondary N) is 2. The van der Waals surface area contributed by atoms with E-state index in [9.17, 15) is 14.0 Å². The fourth-order valence-electron chi connectivity index (χ4n) is 2.41. The Morgan fingerprint density at radius 3 is 2.72 bits per heavy atom. The van der Waals surface area contributed by atoms with Gasteiger partial charge in [0.2, 0.25) is 5.56 Å². The fourth-order valence-corrected chi connectivity index (χ4v) is 3.15. The number of carbonyl (C=O) groups excluding carboxylic acids is 1. The number of carbonyl (C=O) groups is 1. The average Bonchev–Trinajstić information content (AvgIpc) is 3.09. The van der Waals surface area contributed by atoms with E-state index < -0.39 is 0 Å². The molecule has 0 atom stereocenters. The topological polar surface area (TPSA) is 74.8 Å². The van der Waals surface area contributed by atoms with E-state index in [1.54, 1.807) is 12.1 Å². The predicted octanol–water partition coefficient (Wildman–Crippen LogP) is 3.13. The van der Waals surface area contributed by atoms with Crippen molar-refractivity contribution >= 4 is 17.2 Å². The molecule has 25 heavy (non-hydrogen) atoms. The normalized spacial score (nSPS) is 10.6. The maximum Gasteiger partial charge on any atom is 0.253 e. The van der Waals surface area contributed by atoms with E-state index in [1.165, 1.54) is 35.6 Å². The highest BCUT2D eigenvalue weighted by Gasteiger charge is 2.12. The zero-order valence-corrected chi connectivity index (χ0v) is 14.3. The number of H-pyrrole nitrogens is 1. The minimum Gasteiger partial charge on any atom is -0.345 e. The third-order valence-electron chi connectivity index (χ3n) is 3.69. The van der Waals surface area contributed by atoms with Crippen LogP contribution in [0.15, 0.2) is 46.6 Å². The van der Waals surface area contributed by atoms with Crippen molar-refractivity contribution < 1.29 is 9.18 Å². The van der Waals surface area contributed by atoms with Crippen LogP contribution >= 0.6 is 11.3 Å². The molecule has 1 aromatic carbocycles. The molecule has 5 nitrogen and oxygen atoms in total. The number of pyridine rings is 1. The van der Waals surface area contributed by atoms with Crippen LogP contribution in [0.2, 0.25) is 0 Å². The third kappa shape index (κ3) is 4.00. The van der Waals surface area contributed by atoms with E-state index in [1.807, 2.05) is 12.3 Å². The molecule has 0 aliphatic rings. The van der Waals surface area contributed by atoms with Crippen molar-refractivity contribution in [2.45, 2.75) is 19.9 Å². The van der Waals surface area contributed by atoms with Crippen molar-refractivity contribution in [2.75, 3.05) is 0 Å². The number of amides is 1. The number of thiazole rings is 1.